The zero-order valence-corrected chi connectivity index (χ0v) is 18.5. The Hall–Kier alpha value is -4.71. The van der Waals surface area contributed by atoms with Crippen LogP contribution in [0.25, 0.3) is 21.7 Å². The number of phenolic OH excluding ortho intramolecular Hbond substituents is 1. The highest BCUT2D eigenvalue weighted by Gasteiger charge is 2.10. The standard InChI is InChI=1S/C28H22N4O2/c1-34-27-13-7-6-12-24(27)31-28(25-16-14-20-9-3-5-11-23(20)30-25)32-29-18-22-21-10-4-2-8-19(21)15-17-26(22)33/h2-18,33H,1H3,(H,31,32)/b29-18+. The molecule has 0 aliphatic carbocycles. The van der Waals surface area contributed by atoms with Crippen LogP contribution in [0.4, 0.5) is 5.69 Å². The van der Waals surface area contributed by atoms with Crippen molar-refractivity contribution >= 4 is 39.4 Å². The van der Waals surface area contributed by atoms with Gasteiger partial charge < -0.3 is 9.84 Å². The maximum atomic E-state index is 10.4. The van der Waals surface area contributed by atoms with Gasteiger partial charge in [0, 0.05) is 10.9 Å². The molecule has 166 valence electrons. The normalized spacial score (nSPS) is 11.9. The monoisotopic (exact) mass is 446 g/mol. The molecule has 1 aromatic heterocycles. The Bertz CT molecular complexity index is 1540. The largest absolute Gasteiger partial charge is 0.507 e. The van der Waals surface area contributed by atoms with Gasteiger partial charge in [-0.25, -0.2) is 9.98 Å². The number of pyridine rings is 1. The third-order valence-electron chi connectivity index (χ3n) is 5.47. The van der Waals surface area contributed by atoms with Crippen LogP contribution in [0.2, 0.25) is 0 Å². The topological polar surface area (TPSA) is 79.1 Å². The first-order valence-corrected chi connectivity index (χ1v) is 10.8. The second-order valence-corrected chi connectivity index (χ2v) is 7.61. The van der Waals surface area contributed by atoms with Gasteiger partial charge in [0.1, 0.15) is 22.9 Å². The molecule has 0 atom stereocenters. The highest BCUT2D eigenvalue weighted by atomic mass is 16.5. The van der Waals surface area contributed by atoms with Gasteiger partial charge in [-0.05, 0) is 41.1 Å². The molecule has 5 rings (SSSR count). The lowest BCUT2D eigenvalue weighted by molar-refractivity contribution is 0.416. The Morgan fingerprint density at radius 3 is 2.47 bits per heavy atom. The van der Waals surface area contributed by atoms with Gasteiger partial charge in [0.2, 0.25) is 0 Å². The Balaban J connectivity index is 1.56. The van der Waals surface area contributed by atoms with Crippen LogP contribution in [0.1, 0.15) is 11.3 Å². The first-order chi connectivity index (χ1) is 16.7. The van der Waals surface area contributed by atoms with Gasteiger partial charge in [-0.1, -0.05) is 66.7 Å². The van der Waals surface area contributed by atoms with Crippen LogP contribution in [-0.4, -0.2) is 29.3 Å². The van der Waals surface area contributed by atoms with Gasteiger partial charge in [0.25, 0.3) is 0 Å². The third kappa shape index (κ3) is 4.29. The lowest BCUT2D eigenvalue weighted by Crippen LogP contribution is -2.20. The van der Waals surface area contributed by atoms with E-state index in [9.17, 15) is 5.11 Å². The van der Waals surface area contributed by atoms with Gasteiger partial charge in [-0.15, -0.1) is 0 Å². The Kier molecular flexibility index (Phi) is 5.86. The summed E-state index contributed by atoms with van der Waals surface area (Å²) >= 11 is 0. The van der Waals surface area contributed by atoms with Crippen molar-refractivity contribution in [2.75, 3.05) is 7.11 Å². The van der Waals surface area contributed by atoms with E-state index in [1.54, 1.807) is 19.4 Å². The second kappa shape index (κ2) is 9.42. The highest BCUT2D eigenvalue weighted by molar-refractivity contribution is 6.04. The van der Waals surface area contributed by atoms with Crippen LogP contribution < -0.4 is 10.2 Å². The molecule has 1 heterocycles. The number of methoxy groups -OCH3 is 1. The minimum Gasteiger partial charge on any atom is -0.507 e. The van der Waals surface area contributed by atoms with Gasteiger partial charge in [-0.2, -0.15) is 5.10 Å². The summed E-state index contributed by atoms with van der Waals surface area (Å²) in [6.45, 7) is 0. The number of nitrogens with one attached hydrogen (secondary N) is 1. The third-order valence-corrected chi connectivity index (χ3v) is 5.47. The smallest absolute Gasteiger partial charge is 0.173 e. The van der Waals surface area contributed by atoms with Crippen molar-refractivity contribution < 1.29 is 9.84 Å². The molecule has 0 saturated carbocycles. The number of nitrogens with zero attached hydrogens (tertiary/aromatic N) is 3. The van der Waals surface area contributed by atoms with E-state index in [0.717, 1.165) is 21.7 Å². The molecule has 4 aromatic carbocycles. The van der Waals surface area contributed by atoms with Crippen LogP contribution >= 0.6 is 0 Å². The maximum Gasteiger partial charge on any atom is 0.173 e. The molecule has 0 bridgehead atoms. The van der Waals surface area contributed by atoms with Crippen molar-refractivity contribution in [3.05, 3.63) is 108 Å². The number of hydrogen-bond donors (Lipinski definition) is 2. The fourth-order valence-electron chi connectivity index (χ4n) is 3.76. The number of aliphatic imine (C=N–C) groups is 1. The fourth-order valence-corrected chi connectivity index (χ4v) is 3.76. The summed E-state index contributed by atoms with van der Waals surface area (Å²) in [5.74, 6) is 1.24. The summed E-state index contributed by atoms with van der Waals surface area (Å²) in [7, 11) is 1.61. The molecule has 6 nitrogen and oxygen atoms in total. The van der Waals surface area contributed by atoms with Crippen LogP contribution in [0.15, 0.2) is 107 Å². The molecule has 2 N–H and O–H groups in total. The van der Waals surface area contributed by atoms with E-state index in [2.05, 4.69) is 10.5 Å². The molecule has 0 unspecified atom stereocenters. The average molecular weight is 447 g/mol. The first kappa shape index (κ1) is 21.2. The molecule has 5 aromatic rings. The van der Waals surface area contributed by atoms with E-state index in [4.69, 9.17) is 14.7 Å². The number of hydrazone groups is 1. The van der Waals surface area contributed by atoms with Crippen LogP contribution in [0.5, 0.6) is 11.5 Å². The molecule has 0 spiro atoms. The summed E-state index contributed by atoms with van der Waals surface area (Å²) in [4.78, 5) is 9.53. The molecule has 6 heteroatoms. The van der Waals surface area contributed by atoms with Crippen molar-refractivity contribution in [1.82, 2.24) is 10.4 Å². The molecule has 0 amide bonds. The fraction of sp³-hybridized carbons (Fsp3) is 0.0357. The van der Waals surface area contributed by atoms with Gasteiger partial charge in [-0.3, -0.25) is 5.43 Å². The molecule has 0 aliphatic rings. The summed E-state index contributed by atoms with van der Waals surface area (Å²) in [5.41, 5.74) is 5.78. The van der Waals surface area contributed by atoms with Crippen molar-refractivity contribution in [1.29, 1.82) is 0 Å². The number of benzene rings is 4. The minimum absolute atomic E-state index is 0.149. The zero-order chi connectivity index (χ0) is 23.3. The predicted octanol–water partition coefficient (Wildman–Crippen LogP) is 5.80. The predicted molar refractivity (Wildman–Crippen MR) is 137 cm³/mol. The Morgan fingerprint density at radius 1 is 0.853 bits per heavy atom. The number of phenols is 1. The van der Waals surface area contributed by atoms with Crippen molar-refractivity contribution in [3.63, 3.8) is 0 Å². The Morgan fingerprint density at radius 2 is 1.59 bits per heavy atom. The van der Waals surface area contributed by atoms with E-state index in [1.165, 1.54) is 0 Å². The first-order valence-electron chi connectivity index (χ1n) is 10.8. The SMILES string of the molecule is COc1ccccc1N=C(N/N=C/c1c(O)ccc2ccccc12)c1ccc2ccccc2n1. The number of amidine groups is 1. The number of fused-ring (bicyclic) bond motifs is 2. The molecular weight excluding hydrogens is 424 g/mol. The Labute approximate surface area is 196 Å². The average Bonchev–Trinajstić information content (AvgIpc) is 2.89. The maximum absolute atomic E-state index is 10.4. The minimum atomic E-state index is 0.149. The van der Waals surface area contributed by atoms with E-state index in [0.29, 0.717) is 28.5 Å². The van der Waals surface area contributed by atoms with Crippen molar-refractivity contribution in [2.24, 2.45) is 10.1 Å². The van der Waals surface area contributed by atoms with E-state index in [-0.39, 0.29) is 5.75 Å². The zero-order valence-electron chi connectivity index (χ0n) is 18.5. The van der Waals surface area contributed by atoms with Crippen molar-refractivity contribution in [2.45, 2.75) is 0 Å². The molecule has 0 saturated heterocycles. The number of aromatic hydroxyl groups is 1. The van der Waals surface area contributed by atoms with Gasteiger partial charge in [0.15, 0.2) is 5.84 Å². The summed E-state index contributed by atoms with van der Waals surface area (Å²) in [6.07, 6.45) is 1.59. The highest BCUT2D eigenvalue weighted by Crippen LogP contribution is 2.27. The summed E-state index contributed by atoms with van der Waals surface area (Å²) in [5, 5.41) is 17.8. The number of rotatable bonds is 5. The number of aromatic nitrogens is 1. The van der Waals surface area contributed by atoms with Crippen molar-refractivity contribution in [3.8, 4) is 11.5 Å². The molecule has 34 heavy (non-hydrogen) atoms. The van der Waals surface area contributed by atoms with Crippen LogP contribution in [-0.2, 0) is 0 Å². The summed E-state index contributed by atoms with van der Waals surface area (Å²) < 4.78 is 5.46. The van der Waals surface area contributed by atoms with Gasteiger partial charge in [0.05, 0.1) is 18.8 Å². The molecule has 0 fully saturated rings. The lowest BCUT2D eigenvalue weighted by atomic mass is 10.0. The molecule has 0 radical (unpaired) electrons. The van der Waals surface area contributed by atoms with Crippen LogP contribution in [0.3, 0.4) is 0 Å². The number of hydrogen-bond acceptors (Lipinski definition) is 5. The van der Waals surface area contributed by atoms with Crippen LogP contribution in [0, 0.1) is 0 Å². The quantitative estimate of drug-likeness (QED) is 0.203. The number of para-hydroxylation sites is 3. The van der Waals surface area contributed by atoms with E-state index >= 15 is 0 Å². The number of ether oxygens (including phenoxy) is 1. The second-order valence-electron chi connectivity index (χ2n) is 7.61. The van der Waals surface area contributed by atoms with Gasteiger partial charge >= 0.3 is 0 Å². The summed E-state index contributed by atoms with van der Waals surface area (Å²) in [6, 6.07) is 30.7. The molecule has 0 aliphatic heterocycles. The molecular formula is C28H22N4O2. The van der Waals surface area contributed by atoms with E-state index < -0.39 is 0 Å². The lowest BCUT2D eigenvalue weighted by Gasteiger charge is -2.09. The van der Waals surface area contributed by atoms with E-state index in [1.807, 2.05) is 91.0 Å².